The Morgan fingerprint density at radius 2 is 2.00 bits per heavy atom. The van der Waals surface area contributed by atoms with Crippen LogP contribution in [0.1, 0.15) is 25.7 Å². The number of amides is 1. The fourth-order valence-corrected chi connectivity index (χ4v) is 3.97. The minimum absolute atomic E-state index is 0.0653. The van der Waals surface area contributed by atoms with Crippen molar-refractivity contribution in [3.05, 3.63) is 36.7 Å². The third-order valence-corrected chi connectivity index (χ3v) is 5.76. The van der Waals surface area contributed by atoms with E-state index in [9.17, 15) is 4.79 Å². The van der Waals surface area contributed by atoms with Crippen molar-refractivity contribution in [2.24, 2.45) is 5.92 Å². The van der Waals surface area contributed by atoms with Crippen LogP contribution in [0.25, 0.3) is 11.3 Å². The van der Waals surface area contributed by atoms with Crippen LogP contribution in [0.2, 0.25) is 0 Å². The van der Waals surface area contributed by atoms with Gasteiger partial charge in [-0.25, -0.2) is 9.97 Å². The van der Waals surface area contributed by atoms with Gasteiger partial charge in [0.2, 0.25) is 5.91 Å². The van der Waals surface area contributed by atoms with Crippen LogP contribution in [-0.4, -0.2) is 55.3 Å². The number of carbonyl (C=O) groups excluding carboxylic acids is 1. The summed E-state index contributed by atoms with van der Waals surface area (Å²) in [5.74, 6) is 1.95. The largest absolute Gasteiger partial charge is 0.497 e. The number of anilines is 1. The summed E-state index contributed by atoms with van der Waals surface area (Å²) in [6.07, 6.45) is 5.60. The lowest BCUT2D eigenvalue weighted by Gasteiger charge is -2.32. The van der Waals surface area contributed by atoms with E-state index in [4.69, 9.17) is 9.47 Å². The summed E-state index contributed by atoms with van der Waals surface area (Å²) in [6.45, 7) is 3.08. The molecule has 2 saturated heterocycles. The number of piperidine rings is 1. The molecular formula is C22H28N4O3. The van der Waals surface area contributed by atoms with Crippen LogP contribution in [0.4, 0.5) is 5.82 Å². The molecule has 4 rings (SSSR count). The highest BCUT2D eigenvalue weighted by Crippen LogP contribution is 2.26. The first-order chi connectivity index (χ1) is 14.2. The van der Waals surface area contributed by atoms with Gasteiger partial charge in [0.05, 0.1) is 18.9 Å². The summed E-state index contributed by atoms with van der Waals surface area (Å²) < 4.78 is 10.8. The van der Waals surface area contributed by atoms with E-state index < -0.39 is 0 Å². The number of hydrogen-bond donors (Lipinski definition) is 1. The lowest BCUT2D eigenvalue weighted by atomic mass is 9.95. The van der Waals surface area contributed by atoms with Gasteiger partial charge in [-0.05, 0) is 49.9 Å². The van der Waals surface area contributed by atoms with E-state index >= 15 is 0 Å². The molecule has 0 saturated carbocycles. The van der Waals surface area contributed by atoms with Crippen molar-refractivity contribution in [3.63, 3.8) is 0 Å². The molecule has 2 fully saturated rings. The molecule has 0 spiro atoms. The SMILES string of the molecule is COc1ccc(-c2cc(N3CCC(C(=O)NCC4CCCO4)CC3)ncn2)cc1. The minimum atomic E-state index is 0.0653. The third kappa shape index (κ3) is 4.85. The quantitative estimate of drug-likeness (QED) is 0.809. The van der Waals surface area contributed by atoms with Crippen molar-refractivity contribution in [3.8, 4) is 17.0 Å². The van der Waals surface area contributed by atoms with Crippen LogP contribution < -0.4 is 15.0 Å². The predicted octanol–water partition coefficient (Wildman–Crippen LogP) is 2.66. The highest BCUT2D eigenvalue weighted by atomic mass is 16.5. The summed E-state index contributed by atoms with van der Waals surface area (Å²) in [4.78, 5) is 23.6. The molecule has 29 heavy (non-hydrogen) atoms. The van der Waals surface area contributed by atoms with Crippen LogP contribution in [0, 0.1) is 5.92 Å². The highest BCUT2D eigenvalue weighted by molar-refractivity contribution is 5.79. The Bertz CT molecular complexity index is 813. The molecule has 1 unspecified atom stereocenters. The number of ether oxygens (including phenoxy) is 2. The molecule has 0 aliphatic carbocycles. The van der Waals surface area contributed by atoms with E-state index in [1.54, 1.807) is 13.4 Å². The first-order valence-corrected chi connectivity index (χ1v) is 10.3. The summed E-state index contributed by atoms with van der Waals surface area (Å²) >= 11 is 0. The Hall–Kier alpha value is -2.67. The molecule has 2 aliphatic rings. The number of aromatic nitrogens is 2. The van der Waals surface area contributed by atoms with E-state index in [-0.39, 0.29) is 17.9 Å². The second-order valence-electron chi connectivity index (χ2n) is 7.63. The molecule has 2 aliphatic heterocycles. The van der Waals surface area contributed by atoms with E-state index in [0.29, 0.717) is 6.54 Å². The molecular weight excluding hydrogens is 368 g/mol. The molecule has 1 aromatic carbocycles. The number of nitrogens with one attached hydrogen (secondary N) is 1. The summed E-state index contributed by atoms with van der Waals surface area (Å²) in [5, 5.41) is 3.07. The summed E-state index contributed by atoms with van der Waals surface area (Å²) in [5.41, 5.74) is 1.91. The van der Waals surface area contributed by atoms with Crippen molar-refractivity contribution < 1.29 is 14.3 Å². The third-order valence-electron chi connectivity index (χ3n) is 5.76. The predicted molar refractivity (Wildman–Crippen MR) is 111 cm³/mol. The van der Waals surface area contributed by atoms with E-state index in [2.05, 4.69) is 20.2 Å². The van der Waals surface area contributed by atoms with Gasteiger partial charge in [-0.15, -0.1) is 0 Å². The van der Waals surface area contributed by atoms with Gasteiger partial charge in [0, 0.05) is 43.8 Å². The van der Waals surface area contributed by atoms with Crippen molar-refractivity contribution in [2.45, 2.75) is 31.8 Å². The Labute approximate surface area is 171 Å². The van der Waals surface area contributed by atoms with Gasteiger partial charge in [-0.2, -0.15) is 0 Å². The first-order valence-electron chi connectivity index (χ1n) is 10.3. The van der Waals surface area contributed by atoms with Crippen molar-refractivity contribution in [2.75, 3.05) is 38.3 Å². The Kier molecular flexibility index (Phi) is 6.24. The van der Waals surface area contributed by atoms with Crippen LogP contribution in [0.3, 0.4) is 0 Å². The van der Waals surface area contributed by atoms with Crippen molar-refractivity contribution in [1.82, 2.24) is 15.3 Å². The Morgan fingerprint density at radius 1 is 1.21 bits per heavy atom. The number of rotatable bonds is 6. The molecule has 3 heterocycles. The molecule has 0 bridgehead atoms. The van der Waals surface area contributed by atoms with Gasteiger partial charge in [0.1, 0.15) is 17.9 Å². The van der Waals surface area contributed by atoms with Gasteiger partial charge in [0.15, 0.2) is 0 Å². The average Bonchev–Trinajstić information content (AvgIpc) is 3.31. The molecule has 1 amide bonds. The topological polar surface area (TPSA) is 76.6 Å². The Morgan fingerprint density at radius 3 is 2.69 bits per heavy atom. The smallest absolute Gasteiger partial charge is 0.223 e. The van der Waals surface area contributed by atoms with Gasteiger partial charge in [0.25, 0.3) is 0 Å². The maximum atomic E-state index is 12.5. The van der Waals surface area contributed by atoms with Gasteiger partial charge < -0.3 is 19.7 Å². The molecule has 1 aromatic heterocycles. The average molecular weight is 396 g/mol. The first kappa shape index (κ1) is 19.6. The van der Waals surface area contributed by atoms with Crippen LogP contribution >= 0.6 is 0 Å². The summed E-state index contributed by atoms with van der Waals surface area (Å²) in [7, 11) is 1.66. The van der Waals surface area contributed by atoms with Crippen molar-refractivity contribution >= 4 is 11.7 Å². The standard InChI is InChI=1S/C22H28N4O3/c1-28-18-6-4-16(5-7-18)20-13-21(25-15-24-20)26-10-8-17(9-11-26)22(27)23-14-19-3-2-12-29-19/h4-7,13,15,17,19H,2-3,8-12,14H2,1H3,(H,23,27). The zero-order valence-corrected chi connectivity index (χ0v) is 16.8. The lowest BCUT2D eigenvalue weighted by Crippen LogP contribution is -2.42. The normalized spacial score (nSPS) is 19.9. The fraction of sp³-hybridized carbons (Fsp3) is 0.500. The van der Waals surface area contributed by atoms with Crippen molar-refractivity contribution in [1.29, 1.82) is 0 Å². The minimum Gasteiger partial charge on any atom is -0.497 e. The highest BCUT2D eigenvalue weighted by Gasteiger charge is 2.26. The van der Waals surface area contributed by atoms with E-state index in [0.717, 1.165) is 68.2 Å². The molecule has 1 N–H and O–H groups in total. The van der Waals surface area contributed by atoms with E-state index in [1.165, 1.54) is 0 Å². The van der Waals surface area contributed by atoms with E-state index in [1.807, 2.05) is 30.3 Å². The molecule has 7 heteroatoms. The van der Waals surface area contributed by atoms with Crippen LogP contribution in [0.5, 0.6) is 5.75 Å². The molecule has 2 aromatic rings. The van der Waals surface area contributed by atoms with Gasteiger partial charge in [-0.3, -0.25) is 4.79 Å². The molecule has 154 valence electrons. The lowest BCUT2D eigenvalue weighted by molar-refractivity contribution is -0.126. The van der Waals surface area contributed by atoms with Crippen LogP contribution in [-0.2, 0) is 9.53 Å². The van der Waals surface area contributed by atoms with Crippen LogP contribution in [0.15, 0.2) is 36.7 Å². The Balaban J connectivity index is 1.32. The second-order valence-corrected chi connectivity index (χ2v) is 7.63. The van der Waals surface area contributed by atoms with Gasteiger partial charge >= 0.3 is 0 Å². The molecule has 7 nitrogen and oxygen atoms in total. The fourth-order valence-electron chi connectivity index (χ4n) is 3.97. The summed E-state index contributed by atoms with van der Waals surface area (Å²) in [6, 6.07) is 9.86. The maximum absolute atomic E-state index is 12.5. The number of carbonyl (C=O) groups is 1. The molecule has 1 atom stereocenters. The monoisotopic (exact) mass is 396 g/mol. The van der Waals surface area contributed by atoms with Gasteiger partial charge in [-0.1, -0.05) is 0 Å². The number of benzene rings is 1. The zero-order valence-electron chi connectivity index (χ0n) is 16.8. The maximum Gasteiger partial charge on any atom is 0.223 e. The molecule has 0 radical (unpaired) electrons. The second kappa shape index (κ2) is 9.22. The number of hydrogen-bond acceptors (Lipinski definition) is 6. The number of nitrogens with zero attached hydrogens (tertiary/aromatic N) is 3. The number of methoxy groups -OCH3 is 1. The zero-order chi connectivity index (χ0) is 20.1.